The van der Waals surface area contributed by atoms with Gasteiger partial charge in [-0.05, 0) is 104 Å². The minimum Gasteiger partial charge on any atom is -0.481 e. The van der Waals surface area contributed by atoms with Crippen LogP contribution in [0.1, 0.15) is 85.0 Å². The number of fused-ring (bicyclic) bond motifs is 5. The molecular formula is C24H40O4. The summed E-state index contributed by atoms with van der Waals surface area (Å²) in [5.74, 6) is 2.36. The van der Waals surface area contributed by atoms with Crippen molar-refractivity contribution in [3.8, 4) is 0 Å². The lowest BCUT2D eigenvalue weighted by atomic mass is 9.43. The van der Waals surface area contributed by atoms with Crippen LogP contribution in [0.3, 0.4) is 0 Å². The molecule has 0 aliphatic heterocycles. The van der Waals surface area contributed by atoms with E-state index < -0.39 is 5.97 Å². The molecule has 0 heterocycles. The van der Waals surface area contributed by atoms with Crippen molar-refractivity contribution in [2.45, 2.75) is 97.2 Å². The first-order valence-corrected chi connectivity index (χ1v) is 11.7. The van der Waals surface area contributed by atoms with E-state index in [1.165, 1.54) is 25.7 Å². The van der Waals surface area contributed by atoms with Gasteiger partial charge in [0.1, 0.15) is 0 Å². The van der Waals surface area contributed by atoms with E-state index in [1.807, 2.05) is 0 Å². The highest BCUT2D eigenvalue weighted by Gasteiger charge is 2.62. The maximum absolute atomic E-state index is 11.2. The molecule has 0 aromatic rings. The first-order chi connectivity index (χ1) is 13.2. The molecule has 0 spiro atoms. The number of aliphatic carboxylic acids is 1. The van der Waals surface area contributed by atoms with Gasteiger partial charge >= 0.3 is 5.97 Å². The molecule has 4 aliphatic rings. The van der Waals surface area contributed by atoms with Crippen molar-refractivity contribution in [3.05, 3.63) is 0 Å². The predicted molar refractivity (Wildman–Crippen MR) is 109 cm³/mol. The van der Waals surface area contributed by atoms with Gasteiger partial charge < -0.3 is 15.3 Å². The van der Waals surface area contributed by atoms with Gasteiger partial charge in [-0.25, -0.2) is 0 Å². The summed E-state index contributed by atoms with van der Waals surface area (Å²) in [7, 11) is 0. The van der Waals surface area contributed by atoms with Crippen molar-refractivity contribution >= 4 is 5.97 Å². The van der Waals surface area contributed by atoms with E-state index in [1.54, 1.807) is 0 Å². The van der Waals surface area contributed by atoms with Crippen molar-refractivity contribution in [2.75, 3.05) is 0 Å². The summed E-state index contributed by atoms with van der Waals surface area (Å²) < 4.78 is 0. The number of carboxylic acid groups (broad SMARTS) is 1. The predicted octanol–water partition coefficient (Wildman–Crippen LogP) is 4.48. The molecule has 0 radical (unpaired) electrons. The van der Waals surface area contributed by atoms with Crippen LogP contribution in [0.25, 0.3) is 0 Å². The molecule has 3 unspecified atom stereocenters. The van der Waals surface area contributed by atoms with Gasteiger partial charge in [-0.3, -0.25) is 4.79 Å². The van der Waals surface area contributed by atoms with E-state index in [-0.39, 0.29) is 29.5 Å². The van der Waals surface area contributed by atoms with Crippen molar-refractivity contribution in [1.82, 2.24) is 0 Å². The van der Waals surface area contributed by atoms with Crippen LogP contribution in [0.15, 0.2) is 0 Å². The average molecular weight is 393 g/mol. The molecule has 28 heavy (non-hydrogen) atoms. The highest BCUT2D eigenvalue weighted by Crippen LogP contribution is 2.68. The van der Waals surface area contributed by atoms with E-state index in [0.717, 1.165) is 32.1 Å². The zero-order chi connectivity index (χ0) is 20.3. The Hall–Kier alpha value is -0.610. The van der Waals surface area contributed by atoms with E-state index in [0.29, 0.717) is 35.5 Å². The molecule has 4 fully saturated rings. The third-order valence-corrected chi connectivity index (χ3v) is 10.2. The molecule has 0 aromatic heterocycles. The first kappa shape index (κ1) is 20.7. The van der Waals surface area contributed by atoms with Crippen LogP contribution in [0.2, 0.25) is 0 Å². The highest BCUT2D eigenvalue weighted by molar-refractivity contribution is 5.66. The molecule has 10 atom stereocenters. The zero-order valence-electron chi connectivity index (χ0n) is 17.9. The topological polar surface area (TPSA) is 77.8 Å². The molecule has 0 amide bonds. The van der Waals surface area contributed by atoms with Crippen LogP contribution < -0.4 is 0 Å². The minimum absolute atomic E-state index is 0.179. The van der Waals surface area contributed by atoms with Crippen LogP contribution in [0.4, 0.5) is 0 Å². The molecule has 4 nitrogen and oxygen atoms in total. The van der Waals surface area contributed by atoms with Crippen LogP contribution in [-0.4, -0.2) is 33.5 Å². The second-order valence-electron chi connectivity index (χ2n) is 11.4. The fourth-order valence-corrected chi connectivity index (χ4v) is 8.73. The number of carbonyl (C=O) groups is 1. The number of rotatable bonds is 4. The fraction of sp³-hybridized carbons (Fsp3) is 0.958. The highest BCUT2D eigenvalue weighted by atomic mass is 16.4. The summed E-state index contributed by atoms with van der Waals surface area (Å²) in [6, 6.07) is 0. The smallest absolute Gasteiger partial charge is 0.303 e. The standard InChI is InChI=1S/C24H40O4/c1-14(4-7-21(27)28)17-5-6-18-22-19(9-11-24(17,18)3)23(2)10-8-16(25)12-15(23)13-20(22)26/h14-20,22,25-26H,4-13H2,1-3H3,(H,27,28)/t14?,15-,16+,17+,18-,19-,20-,22-,23?,24?/m0/s1. The maximum Gasteiger partial charge on any atom is 0.303 e. The summed E-state index contributed by atoms with van der Waals surface area (Å²) in [6.07, 6.45) is 9.19. The van der Waals surface area contributed by atoms with Crippen molar-refractivity contribution in [1.29, 1.82) is 0 Å². The van der Waals surface area contributed by atoms with Gasteiger partial charge in [0.2, 0.25) is 0 Å². The SMILES string of the molecule is CC(CCC(=O)O)[C@H]1CC[C@H]2[C@@H]3[C@@H](O)C[C@@H]4C[C@H](O)CCC4(C)[C@H]3CCC12C. The number of aliphatic hydroxyl groups excluding tert-OH is 2. The van der Waals surface area contributed by atoms with E-state index in [2.05, 4.69) is 20.8 Å². The van der Waals surface area contributed by atoms with Gasteiger partial charge in [-0.15, -0.1) is 0 Å². The minimum atomic E-state index is -0.684. The van der Waals surface area contributed by atoms with E-state index >= 15 is 0 Å². The van der Waals surface area contributed by atoms with E-state index in [9.17, 15) is 15.0 Å². The van der Waals surface area contributed by atoms with Crippen molar-refractivity contribution in [3.63, 3.8) is 0 Å². The van der Waals surface area contributed by atoms with Crippen LogP contribution in [-0.2, 0) is 4.79 Å². The number of hydrogen-bond acceptors (Lipinski definition) is 3. The Morgan fingerprint density at radius 1 is 1.00 bits per heavy atom. The molecular weight excluding hydrogens is 352 g/mol. The Kier molecular flexibility index (Phi) is 5.36. The largest absolute Gasteiger partial charge is 0.481 e. The summed E-state index contributed by atoms with van der Waals surface area (Å²) in [4.78, 5) is 11.1. The Balaban J connectivity index is 1.55. The first-order valence-electron chi connectivity index (χ1n) is 11.7. The zero-order valence-corrected chi connectivity index (χ0v) is 17.9. The normalized spacial score (nSPS) is 51.7. The maximum atomic E-state index is 11.2. The van der Waals surface area contributed by atoms with Gasteiger partial charge in [0.05, 0.1) is 12.2 Å². The summed E-state index contributed by atoms with van der Waals surface area (Å²) in [6.45, 7) is 7.16. The lowest BCUT2D eigenvalue weighted by Gasteiger charge is -2.62. The lowest BCUT2D eigenvalue weighted by Crippen LogP contribution is -2.58. The van der Waals surface area contributed by atoms with Gasteiger partial charge in [0, 0.05) is 6.42 Å². The molecule has 4 aliphatic carbocycles. The molecule has 0 saturated heterocycles. The summed E-state index contributed by atoms with van der Waals surface area (Å²) in [5.41, 5.74) is 0.523. The van der Waals surface area contributed by atoms with Crippen molar-refractivity contribution in [2.24, 2.45) is 46.3 Å². The molecule has 4 rings (SSSR count). The number of hydrogen-bond donors (Lipinski definition) is 3. The van der Waals surface area contributed by atoms with Crippen LogP contribution in [0, 0.1) is 46.3 Å². The van der Waals surface area contributed by atoms with Gasteiger partial charge in [-0.2, -0.15) is 0 Å². The van der Waals surface area contributed by atoms with Crippen LogP contribution >= 0.6 is 0 Å². The molecule has 3 N–H and O–H groups in total. The van der Waals surface area contributed by atoms with Gasteiger partial charge in [-0.1, -0.05) is 20.8 Å². The lowest BCUT2D eigenvalue weighted by molar-refractivity contribution is -0.174. The Labute approximate surface area is 170 Å². The molecule has 0 aromatic carbocycles. The second kappa shape index (κ2) is 7.27. The second-order valence-corrected chi connectivity index (χ2v) is 11.4. The third-order valence-electron chi connectivity index (χ3n) is 10.2. The Morgan fingerprint density at radius 3 is 2.39 bits per heavy atom. The average Bonchev–Trinajstić information content (AvgIpc) is 2.98. The van der Waals surface area contributed by atoms with Gasteiger partial charge in [0.15, 0.2) is 0 Å². The van der Waals surface area contributed by atoms with Crippen LogP contribution in [0.5, 0.6) is 0 Å². The van der Waals surface area contributed by atoms with Crippen molar-refractivity contribution < 1.29 is 20.1 Å². The fourth-order valence-electron chi connectivity index (χ4n) is 8.73. The third kappa shape index (κ3) is 3.14. The molecule has 160 valence electrons. The molecule has 4 heteroatoms. The summed E-state index contributed by atoms with van der Waals surface area (Å²) >= 11 is 0. The Morgan fingerprint density at radius 2 is 1.68 bits per heavy atom. The quantitative estimate of drug-likeness (QED) is 0.659. The molecule has 4 saturated carbocycles. The number of carboxylic acids is 1. The molecule has 0 bridgehead atoms. The van der Waals surface area contributed by atoms with E-state index in [4.69, 9.17) is 5.11 Å². The summed E-state index contributed by atoms with van der Waals surface area (Å²) in [5, 5.41) is 30.5. The van der Waals surface area contributed by atoms with Gasteiger partial charge in [0.25, 0.3) is 0 Å². The monoisotopic (exact) mass is 392 g/mol. The number of aliphatic hydroxyl groups is 2. The Bertz CT molecular complexity index is 605.